The molecule has 0 saturated carbocycles. The highest BCUT2D eigenvalue weighted by molar-refractivity contribution is 5.96. The first-order valence-electron chi connectivity index (χ1n) is 8.13. The van der Waals surface area contributed by atoms with E-state index in [-0.39, 0.29) is 11.6 Å². The van der Waals surface area contributed by atoms with Gasteiger partial charge in [0, 0.05) is 19.2 Å². The highest BCUT2D eigenvalue weighted by atomic mass is 16.5. The second kappa shape index (κ2) is 6.86. The molecule has 1 aromatic heterocycles. The number of methoxy groups -OCH3 is 1. The zero-order valence-electron chi connectivity index (χ0n) is 13.9. The molecule has 2 aromatic rings. The van der Waals surface area contributed by atoms with Crippen LogP contribution in [0.25, 0.3) is 5.69 Å². The molecule has 0 radical (unpaired) electrons. The van der Waals surface area contributed by atoms with Crippen molar-refractivity contribution in [1.82, 2.24) is 14.7 Å². The fourth-order valence-corrected chi connectivity index (χ4v) is 3.04. The Balaban J connectivity index is 2.00. The Hall–Kier alpha value is -2.63. The van der Waals surface area contributed by atoms with Crippen LogP contribution in [0.1, 0.15) is 40.7 Å². The van der Waals surface area contributed by atoms with Crippen LogP contribution in [0.2, 0.25) is 0 Å². The van der Waals surface area contributed by atoms with Crippen LogP contribution < -0.4 is 0 Å². The molecule has 2 heterocycles. The molecule has 0 spiro atoms. The molecule has 1 aliphatic heterocycles. The van der Waals surface area contributed by atoms with E-state index in [2.05, 4.69) is 12.0 Å². The number of nitrogens with zero attached hydrogens (tertiary/aromatic N) is 3. The fraction of sp³-hybridized carbons (Fsp3) is 0.389. The summed E-state index contributed by atoms with van der Waals surface area (Å²) in [7, 11) is 1.30. The van der Waals surface area contributed by atoms with Gasteiger partial charge in [-0.05, 0) is 30.9 Å². The molecule has 6 heteroatoms. The van der Waals surface area contributed by atoms with E-state index in [0.29, 0.717) is 11.6 Å². The molecule has 1 saturated heterocycles. The van der Waals surface area contributed by atoms with Crippen molar-refractivity contribution in [3.63, 3.8) is 0 Å². The number of carbonyl (C=O) groups is 2. The van der Waals surface area contributed by atoms with E-state index in [1.807, 2.05) is 35.2 Å². The standard InChI is InChI=1S/C18H21N3O3/c1-13-7-6-10-20(12-13)17(22)16-11-15(18(23)24-2)19-21(16)14-8-4-3-5-9-14/h3-5,8-9,11,13H,6-7,10,12H2,1-2H3/t13-/m0/s1. The van der Waals surface area contributed by atoms with Crippen molar-refractivity contribution in [2.24, 2.45) is 5.92 Å². The lowest BCUT2D eigenvalue weighted by Gasteiger charge is -2.30. The Morgan fingerprint density at radius 3 is 2.67 bits per heavy atom. The molecule has 1 aliphatic rings. The van der Waals surface area contributed by atoms with Gasteiger partial charge < -0.3 is 9.64 Å². The average molecular weight is 327 g/mol. The summed E-state index contributed by atoms with van der Waals surface area (Å²) in [6.07, 6.45) is 2.13. The van der Waals surface area contributed by atoms with Gasteiger partial charge in [0.25, 0.3) is 5.91 Å². The number of aromatic nitrogens is 2. The van der Waals surface area contributed by atoms with Gasteiger partial charge in [0.1, 0.15) is 5.69 Å². The van der Waals surface area contributed by atoms with Crippen molar-refractivity contribution >= 4 is 11.9 Å². The number of piperidine rings is 1. The van der Waals surface area contributed by atoms with E-state index in [1.165, 1.54) is 17.9 Å². The Labute approximate surface area is 141 Å². The predicted molar refractivity (Wildman–Crippen MR) is 89.2 cm³/mol. The summed E-state index contributed by atoms with van der Waals surface area (Å²) in [6.45, 7) is 3.61. The van der Waals surface area contributed by atoms with E-state index in [9.17, 15) is 9.59 Å². The van der Waals surface area contributed by atoms with Gasteiger partial charge in [-0.1, -0.05) is 25.1 Å². The van der Waals surface area contributed by atoms with Gasteiger partial charge in [-0.25, -0.2) is 9.48 Å². The van der Waals surface area contributed by atoms with E-state index in [1.54, 1.807) is 0 Å². The quantitative estimate of drug-likeness (QED) is 0.813. The van der Waals surface area contributed by atoms with Crippen LogP contribution in [-0.4, -0.2) is 46.8 Å². The molecule has 0 N–H and O–H groups in total. The molecule has 1 amide bonds. The molecule has 24 heavy (non-hydrogen) atoms. The third-order valence-electron chi connectivity index (χ3n) is 4.27. The van der Waals surface area contributed by atoms with Crippen molar-refractivity contribution in [3.05, 3.63) is 47.8 Å². The number of para-hydroxylation sites is 1. The maximum absolute atomic E-state index is 13.0. The van der Waals surface area contributed by atoms with Crippen LogP contribution in [0.5, 0.6) is 0 Å². The Bertz CT molecular complexity index is 739. The molecule has 0 bridgehead atoms. The normalized spacial score (nSPS) is 17.6. The topological polar surface area (TPSA) is 64.4 Å². The zero-order chi connectivity index (χ0) is 17.1. The molecule has 1 aromatic carbocycles. The van der Waals surface area contributed by atoms with Crippen molar-refractivity contribution in [1.29, 1.82) is 0 Å². The van der Waals surface area contributed by atoms with Crippen LogP contribution >= 0.6 is 0 Å². The first-order chi connectivity index (χ1) is 11.6. The molecule has 126 valence electrons. The van der Waals surface area contributed by atoms with Crippen molar-refractivity contribution < 1.29 is 14.3 Å². The number of amides is 1. The van der Waals surface area contributed by atoms with Crippen molar-refractivity contribution in [2.45, 2.75) is 19.8 Å². The molecule has 0 unspecified atom stereocenters. The van der Waals surface area contributed by atoms with Crippen LogP contribution in [0, 0.1) is 5.92 Å². The van der Waals surface area contributed by atoms with E-state index < -0.39 is 5.97 Å². The lowest BCUT2D eigenvalue weighted by Crippen LogP contribution is -2.39. The lowest BCUT2D eigenvalue weighted by molar-refractivity contribution is 0.0593. The number of rotatable bonds is 3. The van der Waals surface area contributed by atoms with E-state index >= 15 is 0 Å². The Morgan fingerprint density at radius 1 is 1.25 bits per heavy atom. The second-order valence-electron chi connectivity index (χ2n) is 6.15. The first-order valence-corrected chi connectivity index (χ1v) is 8.13. The maximum Gasteiger partial charge on any atom is 0.358 e. The third kappa shape index (κ3) is 3.18. The van der Waals surface area contributed by atoms with Gasteiger partial charge in [0.2, 0.25) is 0 Å². The predicted octanol–water partition coefficient (Wildman–Crippen LogP) is 2.53. The van der Waals surface area contributed by atoms with Crippen LogP contribution in [0.4, 0.5) is 0 Å². The number of hydrogen-bond donors (Lipinski definition) is 0. The smallest absolute Gasteiger partial charge is 0.358 e. The third-order valence-corrected chi connectivity index (χ3v) is 4.27. The zero-order valence-corrected chi connectivity index (χ0v) is 13.9. The molecule has 3 rings (SSSR count). The minimum atomic E-state index is -0.550. The van der Waals surface area contributed by atoms with Gasteiger partial charge in [0.15, 0.2) is 5.69 Å². The number of ether oxygens (including phenoxy) is 1. The minimum Gasteiger partial charge on any atom is -0.464 e. The van der Waals surface area contributed by atoms with Crippen LogP contribution in [-0.2, 0) is 4.74 Å². The molecule has 1 atom stereocenters. The van der Waals surface area contributed by atoms with Crippen LogP contribution in [0.3, 0.4) is 0 Å². The Kier molecular flexibility index (Phi) is 4.64. The number of esters is 1. The summed E-state index contributed by atoms with van der Waals surface area (Å²) in [5.41, 5.74) is 1.26. The maximum atomic E-state index is 13.0. The summed E-state index contributed by atoms with van der Waals surface area (Å²) < 4.78 is 6.26. The summed E-state index contributed by atoms with van der Waals surface area (Å²) >= 11 is 0. The summed E-state index contributed by atoms with van der Waals surface area (Å²) in [5, 5.41) is 4.28. The van der Waals surface area contributed by atoms with E-state index in [0.717, 1.165) is 31.6 Å². The SMILES string of the molecule is COC(=O)c1cc(C(=O)N2CCC[C@H](C)C2)n(-c2ccccc2)n1. The fourth-order valence-electron chi connectivity index (χ4n) is 3.04. The second-order valence-corrected chi connectivity index (χ2v) is 6.15. The Morgan fingerprint density at radius 2 is 2.00 bits per heavy atom. The molecule has 0 aliphatic carbocycles. The number of carbonyl (C=O) groups excluding carboxylic acids is 2. The van der Waals surface area contributed by atoms with Gasteiger partial charge >= 0.3 is 5.97 Å². The largest absolute Gasteiger partial charge is 0.464 e. The lowest BCUT2D eigenvalue weighted by atomic mass is 10.00. The summed E-state index contributed by atoms with van der Waals surface area (Å²) in [5.74, 6) is -0.172. The van der Waals surface area contributed by atoms with Crippen LogP contribution in [0.15, 0.2) is 36.4 Å². The molecular weight excluding hydrogens is 306 g/mol. The van der Waals surface area contributed by atoms with Gasteiger partial charge in [0.05, 0.1) is 12.8 Å². The minimum absolute atomic E-state index is 0.104. The number of benzene rings is 1. The average Bonchev–Trinajstić information content (AvgIpc) is 3.06. The highest BCUT2D eigenvalue weighted by Gasteiger charge is 2.27. The monoisotopic (exact) mass is 327 g/mol. The van der Waals surface area contributed by atoms with Crippen molar-refractivity contribution in [2.75, 3.05) is 20.2 Å². The number of hydrogen-bond acceptors (Lipinski definition) is 4. The summed E-state index contributed by atoms with van der Waals surface area (Å²) in [4.78, 5) is 26.7. The van der Waals surface area contributed by atoms with Gasteiger partial charge in [-0.15, -0.1) is 0 Å². The molecule has 6 nitrogen and oxygen atoms in total. The molecular formula is C18H21N3O3. The first kappa shape index (κ1) is 16.2. The van der Waals surface area contributed by atoms with Crippen molar-refractivity contribution in [3.8, 4) is 5.69 Å². The van der Waals surface area contributed by atoms with Gasteiger partial charge in [-0.2, -0.15) is 5.10 Å². The summed E-state index contributed by atoms with van der Waals surface area (Å²) in [6, 6.07) is 10.8. The number of likely N-dealkylation sites (tertiary alicyclic amines) is 1. The van der Waals surface area contributed by atoms with Gasteiger partial charge in [-0.3, -0.25) is 4.79 Å². The molecule has 1 fully saturated rings. The highest BCUT2D eigenvalue weighted by Crippen LogP contribution is 2.20. The van der Waals surface area contributed by atoms with E-state index in [4.69, 9.17) is 4.74 Å².